The van der Waals surface area contributed by atoms with Crippen LogP contribution in [-0.4, -0.2) is 51.9 Å². The first-order valence-electron chi connectivity index (χ1n) is 7.41. The van der Waals surface area contributed by atoms with Crippen LogP contribution in [0.3, 0.4) is 0 Å². The first-order chi connectivity index (χ1) is 10.7. The highest BCUT2D eigenvalue weighted by molar-refractivity contribution is 5.91. The van der Waals surface area contributed by atoms with Gasteiger partial charge in [-0.25, -0.2) is 0 Å². The number of H-pyrrole nitrogens is 1. The first kappa shape index (κ1) is 15.9. The van der Waals surface area contributed by atoms with E-state index < -0.39 is 0 Å². The smallest absolute Gasteiger partial charge is 0.260 e. The summed E-state index contributed by atoms with van der Waals surface area (Å²) < 4.78 is 5.52. The van der Waals surface area contributed by atoms with E-state index in [-0.39, 0.29) is 18.4 Å². The second-order valence-corrected chi connectivity index (χ2v) is 5.80. The van der Waals surface area contributed by atoms with E-state index in [1.807, 2.05) is 19.2 Å². The summed E-state index contributed by atoms with van der Waals surface area (Å²) in [6, 6.07) is 4.27. The van der Waals surface area contributed by atoms with Gasteiger partial charge in [-0.3, -0.25) is 10.00 Å². The Balaban J connectivity index is 0.00000156. The van der Waals surface area contributed by atoms with E-state index in [2.05, 4.69) is 43.7 Å². The SMILES string of the molecule is Cc1cc(-c2nc(C3CNCCN3C)no2)c2[nH]ncc2c1.Cl. The number of nitrogens with zero attached hydrogens (tertiary/aromatic N) is 4. The summed E-state index contributed by atoms with van der Waals surface area (Å²) in [5.74, 6) is 1.26. The molecule has 23 heavy (non-hydrogen) atoms. The molecule has 0 radical (unpaired) electrons. The molecule has 0 saturated carbocycles. The maximum atomic E-state index is 5.52. The van der Waals surface area contributed by atoms with Crippen LogP contribution >= 0.6 is 12.4 Å². The van der Waals surface area contributed by atoms with Gasteiger partial charge in [0.1, 0.15) is 0 Å². The third-order valence-corrected chi connectivity index (χ3v) is 4.17. The third kappa shape index (κ3) is 2.83. The van der Waals surface area contributed by atoms with E-state index in [4.69, 9.17) is 4.52 Å². The molecule has 7 nitrogen and oxygen atoms in total. The number of fused-ring (bicyclic) bond motifs is 1. The number of halogens is 1. The number of rotatable bonds is 2. The van der Waals surface area contributed by atoms with Crippen LogP contribution in [0.4, 0.5) is 0 Å². The average Bonchev–Trinajstić information content (AvgIpc) is 3.15. The van der Waals surface area contributed by atoms with E-state index >= 15 is 0 Å². The van der Waals surface area contributed by atoms with Crippen LogP contribution in [0.25, 0.3) is 22.4 Å². The molecule has 122 valence electrons. The van der Waals surface area contributed by atoms with Crippen LogP contribution in [-0.2, 0) is 0 Å². The number of aromatic nitrogens is 4. The number of benzene rings is 1. The quantitative estimate of drug-likeness (QED) is 0.745. The van der Waals surface area contributed by atoms with Crippen molar-refractivity contribution in [3.63, 3.8) is 0 Å². The van der Waals surface area contributed by atoms with Crippen LogP contribution in [0.2, 0.25) is 0 Å². The number of nitrogens with one attached hydrogen (secondary N) is 2. The van der Waals surface area contributed by atoms with Crippen molar-refractivity contribution in [1.29, 1.82) is 0 Å². The van der Waals surface area contributed by atoms with Gasteiger partial charge >= 0.3 is 0 Å². The van der Waals surface area contributed by atoms with Crippen LogP contribution < -0.4 is 5.32 Å². The predicted octanol–water partition coefficient (Wildman–Crippen LogP) is 1.92. The molecule has 1 aliphatic rings. The third-order valence-electron chi connectivity index (χ3n) is 4.17. The van der Waals surface area contributed by atoms with Crippen molar-refractivity contribution in [3.05, 3.63) is 29.7 Å². The fourth-order valence-corrected chi connectivity index (χ4v) is 2.95. The number of aryl methyl sites for hydroxylation is 1. The summed E-state index contributed by atoms with van der Waals surface area (Å²) >= 11 is 0. The molecule has 0 aliphatic carbocycles. The minimum absolute atomic E-state index is 0. The van der Waals surface area contributed by atoms with Gasteiger partial charge in [0.15, 0.2) is 5.82 Å². The highest BCUT2D eigenvalue weighted by Crippen LogP contribution is 2.29. The number of hydrogen-bond donors (Lipinski definition) is 2. The van der Waals surface area contributed by atoms with Gasteiger partial charge in [-0.2, -0.15) is 10.1 Å². The molecule has 3 heterocycles. The Bertz CT molecular complexity index is 813. The number of piperazine rings is 1. The summed E-state index contributed by atoms with van der Waals surface area (Å²) in [6.07, 6.45) is 1.81. The van der Waals surface area contributed by atoms with Gasteiger partial charge in [-0.1, -0.05) is 5.16 Å². The minimum Gasteiger partial charge on any atom is -0.334 e. The van der Waals surface area contributed by atoms with Gasteiger partial charge in [-0.05, 0) is 31.7 Å². The lowest BCUT2D eigenvalue weighted by Crippen LogP contribution is -2.44. The van der Waals surface area contributed by atoms with E-state index in [0.717, 1.165) is 47.5 Å². The molecule has 0 amide bonds. The van der Waals surface area contributed by atoms with Gasteiger partial charge < -0.3 is 9.84 Å². The molecule has 1 fully saturated rings. The lowest BCUT2D eigenvalue weighted by atomic mass is 10.1. The molecular weight excluding hydrogens is 316 g/mol. The lowest BCUT2D eigenvalue weighted by molar-refractivity contribution is 0.190. The Morgan fingerprint density at radius 3 is 3.04 bits per heavy atom. The molecule has 0 spiro atoms. The molecule has 8 heteroatoms. The zero-order valence-corrected chi connectivity index (χ0v) is 13.9. The Morgan fingerprint density at radius 1 is 1.35 bits per heavy atom. The molecule has 2 N–H and O–H groups in total. The standard InChI is InChI=1S/C15H18N6O.ClH/c1-9-5-10-7-17-19-13(10)11(6-9)15-18-14(20-22-15)12-8-16-3-4-21(12)2;/h5-7,12,16H,3-4,8H2,1-2H3,(H,17,19);1H. The van der Waals surface area contributed by atoms with Crippen molar-refractivity contribution in [2.45, 2.75) is 13.0 Å². The number of hydrogen-bond acceptors (Lipinski definition) is 6. The summed E-state index contributed by atoms with van der Waals surface area (Å²) in [6.45, 7) is 4.85. The Hall–Kier alpha value is -1.96. The molecular formula is C15H19ClN6O. The van der Waals surface area contributed by atoms with Crippen LogP contribution in [0.15, 0.2) is 22.9 Å². The van der Waals surface area contributed by atoms with Crippen LogP contribution in [0.1, 0.15) is 17.4 Å². The lowest BCUT2D eigenvalue weighted by Gasteiger charge is -2.30. The van der Waals surface area contributed by atoms with Crippen molar-refractivity contribution in [2.24, 2.45) is 0 Å². The van der Waals surface area contributed by atoms with Gasteiger partial charge in [0.2, 0.25) is 0 Å². The molecule has 1 atom stereocenters. The van der Waals surface area contributed by atoms with E-state index in [1.54, 1.807) is 0 Å². The fourth-order valence-electron chi connectivity index (χ4n) is 2.95. The summed E-state index contributed by atoms with van der Waals surface area (Å²) in [5, 5.41) is 15.7. The molecule has 4 rings (SSSR count). The zero-order valence-electron chi connectivity index (χ0n) is 13.0. The van der Waals surface area contributed by atoms with E-state index in [9.17, 15) is 0 Å². The topological polar surface area (TPSA) is 82.9 Å². The summed E-state index contributed by atoms with van der Waals surface area (Å²) in [7, 11) is 2.08. The van der Waals surface area contributed by atoms with Crippen LogP contribution in [0.5, 0.6) is 0 Å². The average molecular weight is 335 g/mol. The Kier molecular flexibility index (Phi) is 4.34. The van der Waals surface area contributed by atoms with Crippen molar-refractivity contribution >= 4 is 23.3 Å². The highest BCUT2D eigenvalue weighted by Gasteiger charge is 2.26. The summed E-state index contributed by atoms with van der Waals surface area (Å²) in [5.41, 5.74) is 2.97. The first-order valence-corrected chi connectivity index (χ1v) is 7.41. The van der Waals surface area contributed by atoms with Gasteiger partial charge in [0.25, 0.3) is 5.89 Å². The predicted molar refractivity (Wildman–Crippen MR) is 89.6 cm³/mol. The monoisotopic (exact) mass is 334 g/mol. The van der Waals surface area contributed by atoms with E-state index in [0.29, 0.717) is 5.89 Å². The molecule has 3 aromatic rings. The largest absolute Gasteiger partial charge is 0.334 e. The van der Waals surface area contributed by atoms with Gasteiger partial charge in [-0.15, -0.1) is 12.4 Å². The van der Waals surface area contributed by atoms with Crippen molar-refractivity contribution < 1.29 is 4.52 Å². The molecule has 1 aromatic carbocycles. The summed E-state index contributed by atoms with van der Waals surface area (Å²) in [4.78, 5) is 6.86. The maximum absolute atomic E-state index is 5.52. The maximum Gasteiger partial charge on any atom is 0.260 e. The Morgan fingerprint density at radius 2 is 2.22 bits per heavy atom. The zero-order chi connectivity index (χ0) is 15.1. The molecule has 1 unspecified atom stereocenters. The second-order valence-electron chi connectivity index (χ2n) is 5.80. The van der Waals surface area contributed by atoms with Crippen molar-refractivity contribution in [1.82, 2.24) is 30.6 Å². The minimum atomic E-state index is 0. The highest BCUT2D eigenvalue weighted by atomic mass is 35.5. The van der Waals surface area contributed by atoms with Gasteiger partial charge in [0.05, 0.1) is 23.3 Å². The normalized spacial score (nSPS) is 19.0. The van der Waals surface area contributed by atoms with Gasteiger partial charge in [0, 0.05) is 25.0 Å². The molecule has 2 aromatic heterocycles. The Labute approximate surface area is 139 Å². The molecule has 0 bridgehead atoms. The van der Waals surface area contributed by atoms with E-state index in [1.165, 1.54) is 0 Å². The molecule has 1 aliphatic heterocycles. The second kappa shape index (κ2) is 6.27. The molecule has 1 saturated heterocycles. The number of likely N-dealkylation sites (N-methyl/N-ethyl adjacent to an activating group) is 1. The van der Waals surface area contributed by atoms with Crippen molar-refractivity contribution in [3.8, 4) is 11.5 Å². The van der Waals surface area contributed by atoms with Crippen LogP contribution in [0, 0.1) is 6.92 Å². The van der Waals surface area contributed by atoms with Crippen molar-refractivity contribution in [2.75, 3.05) is 26.7 Å². The fraction of sp³-hybridized carbons (Fsp3) is 0.400. The number of aromatic amines is 1.